The van der Waals surface area contributed by atoms with Crippen LogP contribution in [0, 0.1) is 5.92 Å². The number of hydrogen-bond acceptors (Lipinski definition) is 4. The number of fused-ring (bicyclic) bond motifs is 1. The SMILES string of the molecule is CC[C@H](NC(=O)c1cnn2c1C[C@H](CNC(C)=O)CC2)c1ccncc1. The molecular weight excluding hydrogens is 330 g/mol. The van der Waals surface area contributed by atoms with Crippen LogP contribution < -0.4 is 10.6 Å². The normalized spacial score (nSPS) is 17.2. The van der Waals surface area contributed by atoms with E-state index in [1.54, 1.807) is 18.6 Å². The first-order chi connectivity index (χ1) is 12.6. The van der Waals surface area contributed by atoms with Crippen LogP contribution in [0.5, 0.6) is 0 Å². The fraction of sp³-hybridized carbons (Fsp3) is 0.474. The van der Waals surface area contributed by atoms with Crippen molar-refractivity contribution in [1.29, 1.82) is 0 Å². The number of nitrogens with zero attached hydrogens (tertiary/aromatic N) is 3. The quantitative estimate of drug-likeness (QED) is 0.828. The molecule has 2 atom stereocenters. The van der Waals surface area contributed by atoms with Crippen molar-refractivity contribution in [3.05, 3.63) is 47.5 Å². The molecule has 138 valence electrons. The highest BCUT2D eigenvalue weighted by atomic mass is 16.2. The summed E-state index contributed by atoms with van der Waals surface area (Å²) in [5.74, 6) is 0.206. The largest absolute Gasteiger partial charge is 0.356 e. The van der Waals surface area contributed by atoms with E-state index in [4.69, 9.17) is 0 Å². The number of aryl methyl sites for hydroxylation is 1. The van der Waals surface area contributed by atoms with Gasteiger partial charge in [0.15, 0.2) is 0 Å². The predicted octanol–water partition coefficient (Wildman–Crippen LogP) is 1.86. The van der Waals surface area contributed by atoms with Crippen molar-refractivity contribution in [1.82, 2.24) is 25.4 Å². The molecule has 0 unspecified atom stereocenters. The van der Waals surface area contributed by atoms with Crippen molar-refractivity contribution >= 4 is 11.8 Å². The number of pyridine rings is 1. The molecule has 0 fully saturated rings. The van der Waals surface area contributed by atoms with Gasteiger partial charge in [0, 0.05) is 32.4 Å². The van der Waals surface area contributed by atoms with Crippen molar-refractivity contribution in [2.45, 2.75) is 45.7 Å². The van der Waals surface area contributed by atoms with Crippen LogP contribution in [0.25, 0.3) is 0 Å². The second-order valence-corrected chi connectivity index (χ2v) is 6.74. The Morgan fingerprint density at radius 3 is 2.81 bits per heavy atom. The van der Waals surface area contributed by atoms with E-state index in [-0.39, 0.29) is 17.9 Å². The first kappa shape index (κ1) is 18.1. The number of nitrogens with one attached hydrogen (secondary N) is 2. The number of carbonyl (C=O) groups excluding carboxylic acids is 2. The van der Waals surface area contributed by atoms with Gasteiger partial charge >= 0.3 is 0 Å². The fourth-order valence-corrected chi connectivity index (χ4v) is 3.40. The molecule has 2 aromatic heterocycles. The molecule has 2 N–H and O–H groups in total. The van der Waals surface area contributed by atoms with Crippen LogP contribution >= 0.6 is 0 Å². The van der Waals surface area contributed by atoms with Crippen molar-refractivity contribution < 1.29 is 9.59 Å². The van der Waals surface area contributed by atoms with Gasteiger partial charge in [0.2, 0.25) is 5.91 Å². The summed E-state index contributed by atoms with van der Waals surface area (Å²) in [5.41, 5.74) is 2.62. The minimum absolute atomic E-state index is 0.0230. The Labute approximate surface area is 153 Å². The molecule has 2 amide bonds. The smallest absolute Gasteiger partial charge is 0.255 e. The Morgan fingerprint density at radius 2 is 2.12 bits per heavy atom. The molecule has 0 aromatic carbocycles. The average Bonchev–Trinajstić information content (AvgIpc) is 3.08. The molecule has 7 nitrogen and oxygen atoms in total. The fourth-order valence-electron chi connectivity index (χ4n) is 3.40. The Kier molecular flexibility index (Phi) is 5.65. The molecule has 0 spiro atoms. The average molecular weight is 355 g/mol. The third-order valence-electron chi connectivity index (χ3n) is 4.89. The topological polar surface area (TPSA) is 88.9 Å². The molecule has 3 heterocycles. The molecule has 0 saturated heterocycles. The zero-order chi connectivity index (χ0) is 18.5. The monoisotopic (exact) mass is 355 g/mol. The summed E-state index contributed by atoms with van der Waals surface area (Å²) in [4.78, 5) is 28.0. The molecule has 0 bridgehead atoms. The summed E-state index contributed by atoms with van der Waals surface area (Å²) in [6.45, 7) is 4.98. The molecule has 7 heteroatoms. The van der Waals surface area contributed by atoms with Crippen LogP contribution in [0.2, 0.25) is 0 Å². The summed E-state index contributed by atoms with van der Waals surface area (Å²) in [5, 5.41) is 10.4. The number of hydrogen-bond donors (Lipinski definition) is 2. The van der Waals surface area contributed by atoms with Gasteiger partial charge in [0.1, 0.15) is 0 Å². The van der Waals surface area contributed by atoms with E-state index in [1.807, 2.05) is 23.7 Å². The zero-order valence-corrected chi connectivity index (χ0v) is 15.2. The summed E-state index contributed by atoms with van der Waals surface area (Å²) in [6, 6.07) is 3.79. The number of amides is 2. The summed E-state index contributed by atoms with van der Waals surface area (Å²) in [6.07, 6.45) is 7.62. The highest BCUT2D eigenvalue weighted by molar-refractivity contribution is 5.95. The van der Waals surface area contributed by atoms with Crippen LogP contribution in [0.1, 0.15) is 54.3 Å². The Balaban J connectivity index is 1.71. The van der Waals surface area contributed by atoms with Crippen molar-refractivity contribution in [2.75, 3.05) is 6.54 Å². The van der Waals surface area contributed by atoms with Gasteiger partial charge in [-0.2, -0.15) is 5.10 Å². The van der Waals surface area contributed by atoms with E-state index in [0.29, 0.717) is 18.0 Å². The summed E-state index contributed by atoms with van der Waals surface area (Å²) in [7, 11) is 0. The minimum Gasteiger partial charge on any atom is -0.356 e. The summed E-state index contributed by atoms with van der Waals surface area (Å²) >= 11 is 0. The lowest BCUT2D eigenvalue weighted by Gasteiger charge is -2.24. The van der Waals surface area contributed by atoms with Crippen molar-refractivity contribution in [2.24, 2.45) is 5.92 Å². The van der Waals surface area contributed by atoms with E-state index in [0.717, 1.165) is 37.1 Å². The van der Waals surface area contributed by atoms with Gasteiger partial charge in [0.05, 0.1) is 23.5 Å². The first-order valence-electron chi connectivity index (χ1n) is 9.08. The van der Waals surface area contributed by atoms with Gasteiger partial charge in [0.25, 0.3) is 5.91 Å². The maximum absolute atomic E-state index is 12.8. The maximum Gasteiger partial charge on any atom is 0.255 e. The van der Waals surface area contributed by atoms with Gasteiger partial charge in [-0.3, -0.25) is 19.3 Å². The van der Waals surface area contributed by atoms with E-state index in [1.165, 1.54) is 6.92 Å². The highest BCUT2D eigenvalue weighted by Gasteiger charge is 2.26. The van der Waals surface area contributed by atoms with Crippen LogP contribution in [-0.2, 0) is 17.8 Å². The second-order valence-electron chi connectivity index (χ2n) is 6.74. The molecule has 0 radical (unpaired) electrons. The zero-order valence-electron chi connectivity index (χ0n) is 15.2. The van der Waals surface area contributed by atoms with Crippen LogP contribution in [-0.4, -0.2) is 33.1 Å². The Hall–Kier alpha value is -2.70. The number of rotatable bonds is 6. The van der Waals surface area contributed by atoms with Gasteiger partial charge in [-0.05, 0) is 42.9 Å². The number of carbonyl (C=O) groups is 2. The standard InChI is InChI=1S/C19H25N5O2/c1-3-17(15-4-7-20-8-5-15)23-19(26)16-12-22-24-9-6-14(10-18(16)24)11-21-13(2)25/h4-5,7-8,12,14,17H,3,6,9-11H2,1-2H3,(H,21,25)(H,23,26)/t14-,17+/m1/s1. The lowest BCUT2D eigenvalue weighted by atomic mass is 9.94. The van der Waals surface area contributed by atoms with E-state index >= 15 is 0 Å². The van der Waals surface area contributed by atoms with Gasteiger partial charge in [-0.15, -0.1) is 0 Å². The Bertz CT molecular complexity index is 771. The molecular formula is C19H25N5O2. The Morgan fingerprint density at radius 1 is 1.35 bits per heavy atom. The summed E-state index contributed by atoms with van der Waals surface area (Å²) < 4.78 is 1.91. The third-order valence-corrected chi connectivity index (χ3v) is 4.89. The van der Waals surface area contributed by atoms with Gasteiger partial charge in [-0.1, -0.05) is 6.92 Å². The van der Waals surface area contributed by atoms with Gasteiger partial charge in [-0.25, -0.2) is 0 Å². The van der Waals surface area contributed by atoms with Crippen LogP contribution in [0.3, 0.4) is 0 Å². The predicted molar refractivity (Wildman–Crippen MR) is 97.5 cm³/mol. The lowest BCUT2D eigenvalue weighted by molar-refractivity contribution is -0.119. The molecule has 1 aliphatic heterocycles. The van der Waals surface area contributed by atoms with Crippen LogP contribution in [0.4, 0.5) is 0 Å². The second kappa shape index (κ2) is 8.12. The van der Waals surface area contributed by atoms with Crippen LogP contribution in [0.15, 0.2) is 30.7 Å². The maximum atomic E-state index is 12.8. The minimum atomic E-state index is -0.102. The molecule has 26 heavy (non-hydrogen) atoms. The highest BCUT2D eigenvalue weighted by Crippen LogP contribution is 2.24. The molecule has 0 aliphatic carbocycles. The van der Waals surface area contributed by atoms with Crippen molar-refractivity contribution in [3.8, 4) is 0 Å². The molecule has 0 saturated carbocycles. The molecule has 3 rings (SSSR count). The molecule has 1 aliphatic rings. The lowest BCUT2D eigenvalue weighted by Crippen LogP contribution is -2.33. The van der Waals surface area contributed by atoms with Gasteiger partial charge < -0.3 is 10.6 Å². The number of aromatic nitrogens is 3. The van der Waals surface area contributed by atoms with E-state index in [2.05, 4.69) is 20.7 Å². The van der Waals surface area contributed by atoms with Crippen molar-refractivity contribution in [3.63, 3.8) is 0 Å². The van der Waals surface area contributed by atoms with E-state index in [9.17, 15) is 9.59 Å². The first-order valence-corrected chi connectivity index (χ1v) is 9.08. The van der Waals surface area contributed by atoms with E-state index < -0.39 is 0 Å². The third kappa shape index (κ3) is 4.09. The molecule has 2 aromatic rings.